The van der Waals surface area contributed by atoms with Crippen LogP contribution in [0.15, 0.2) is 60.0 Å². The summed E-state index contributed by atoms with van der Waals surface area (Å²) in [6.07, 6.45) is 2.55. The highest BCUT2D eigenvalue weighted by Gasteiger charge is 2.15. The minimum atomic E-state index is 0.0322. The third kappa shape index (κ3) is 4.59. The molecule has 0 N–H and O–H groups in total. The summed E-state index contributed by atoms with van der Waals surface area (Å²) in [5, 5.41) is 0. The fourth-order valence-corrected chi connectivity index (χ4v) is 3.15. The minimum Gasteiger partial charge on any atom is -0.378 e. The van der Waals surface area contributed by atoms with E-state index < -0.39 is 0 Å². The maximum absolute atomic E-state index is 12.5. The normalized spacial score (nSPS) is 10.8. The van der Waals surface area contributed by atoms with Crippen LogP contribution >= 0.6 is 11.8 Å². The standard InChI is InChI=1S/C21H24O2S/c1-15(2)23-14-13-20(22)16(3)17-9-5-6-10-18(17)19-11-7-8-12-21(19)24-4/h5-12,15H,3,13-14H2,1-2,4H3. The van der Waals surface area contributed by atoms with Gasteiger partial charge in [-0.05, 0) is 42.9 Å². The number of hydrogen-bond acceptors (Lipinski definition) is 3. The highest BCUT2D eigenvalue weighted by molar-refractivity contribution is 7.98. The summed E-state index contributed by atoms with van der Waals surface area (Å²) in [5.41, 5.74) is 3.63. The molecule has 0 atom stereocenters. The molecule has 0 radical (unpaired) electrons. The van der Waals surface area contributed by atoms with Crippen LogP contribution < -0.4 is 0 Å². The fraction of sp³-hybridized carbons (Fsp3) is 0.286. The lowest BCUT2D eigenvalue weighted by Gasteiger charge is -2.14. The van der Waals surface area contributed by atoms with Crippen LogP contribution in [0.25, 0.3) is 16.7 Å². The Balaban J connectivity index is 2.28. The van der Waals surface area contributed by atoms with Crippen molar-refractivity contribution in [3.05, 3.63) is 60.7 Å². The van der Waals surface area contributed by atoms with Crippen molar-refractivity contribution in [2.24, 2.45) is 0 Å². The molecule has 126 valence electrons. The first-order valence-corrected chi connectivity index (χ1v) is 9.33. The van der Waals surface area contributed by atoms with Gasteiger partial charge in [0, 0.05) is 16.9 Å². The van der Waals surface area contributed by atoms with Crippen molar-refractivity contribution < 1.29 is 9.53 Å². The zero-order chi connectivity index (χ0) is 17.5. The van der Waals surface area contributed by atoms with E-state index in [1.54, 1.807) is 11.8 Å². The van der Waals surface area contributed by atoms with E-state index in [1.807, 2.05) is 50.2 Å². The average Bonchev–Trinajstić information content (AvgIpc) is 2.60. The second-order valence-corrected chi connectivity index (χ2v) is 6.67. The number of allylic oxidation sites excluding steroid dienone is 1. The van der Waals surface area contributed by atoms with Gasteiger partial charge in [-0.1, -0.05) is 49.0 Å². The molecule has 0 bridgehead atoms. The van der Waals surface area contributed by atoms with Gasteiger partial charge >= 0.3 is 0 Å². The monoisotopic (exact) mass is 340 g/mol. The van der Waals surface area contributed by atoms with E-state index in [0.717, 1.165) is 16.7 Å². The van der Waals surface area contributed by atoms with Gasteiger partial charge in [0.25, 0.3) is 0 Å². The molecule has 0 aliphatic carbocycles. The summed E-state index contributed by atoms with van der Waals surface area (Å²) < 4.78 is 5.48. The molecular weight excluding hydrogens is 316 g/mol. The first-order chi connectivity index (χ1) is 11.5. The Labute approximate surface area is 148 Å². The molecule has 2 nitrogen and oxygen atoms in total. The molecule has 0 fully saturated rings. The Kier molecular flexibility index (Phi) is 6.83. The molecule has 2 aromatic rings. The zero-order valence-electron chi connectivity index (χ0n) is 14.5. The number of ketones is 1. The zero-order valence-corrected chi connectivity index (χ0v) is 15.4. The van der Waals surface area contributed by atoms with Crippen LogP contribution in [0.5, 0.6) is 0 Å². The van der Waals surface area contributed by atoms with Crippen molar-refractivity contribution in [2.45, 2.75) is 31.3 Å². The first-order valence-electron chi connectivity index (χ1n) is 8.11. The molecule has 0 aliphatic rings. The predicted molar refractivity (Wildman–Crippen MR) is 103 cm³/mol. The van der Waals surface area contributed by atoms with Gasteiger partial charge < -0.3 is 4.74 Å². The van der Waals surface area contributed by atoms with E-state index in [-0.39, 0.29) is 11.9 Å². The summed E-state index contributed by atoms with van der Waals surface area (Å²) in [7, 11) is 0. The first kappa shape index (κ1) is 18.5. The Bertz CT molecular complexity index is 719. The van der Waals surface area contributed by atoms with Crippen LogP contribution in [0.1, 0.15) is 25.8 Å². The lowest BCUT2D eigenvalue weighted by molar-refractivity contribution is -0.115. The van der Waals surface area contributed by atoms with Crippen LogP contribution in [0.2, 0.25) is 0 Å². The molecule has 0 spiro atoms. The topological polar surface area (TPSA) is 26.3 Å². The van der Waals surface area contributed by atoms with Crippen LogP contribution in [-0.4, -0.2) is 24.7 Å². The molecular formula is C21H24O2S. The molecule has 2 rings (SSSR count). The van der Waals surface area contributed by atoms with Crippen molar-refractivity contribution >= 4 is 23.1 Å². The number of Topliss-reactive ketones (excluding diaryl/α,β-unsaturated/α-hetero) is 1. The van der Waals surface area contributed by atoms with Gasteiger partial charge in [0.05, 0.1) is 12.7 Å². The summed E-state index contributed by atoms with van der Waals surface area (Å²) >= 11 is 1.70. The third-order valence-electron chi connectivity index (χ3n) is 3.77. The quantitative estimate of drug-likeness (QED) is 0.470. The second kappa shape index (κ2) is 8.86. The van der Waals surface area contributed by atoms with E-state index in [4.69, 9.17) is 4.74 Å². The van der Waals surface area contributed by atoms with E-state index in [0.29, 0.717) is 18.6 Å². The van der Waals surface area contributed by atoms with Crippen LogP contribution in [0.3, 0.4) is 0 Å². The van der Waals surface area contributed by atoms with E-state index in [9.17, 15) is 4.79 Å². The number of ether oxygens (including phenoxy) is 1. The van der Waals surface area contributed by atoms with Gasteiger partial charge in [-0.15, -0.1) is 11.8 Å². The highest BCUT2D eigenvalue weighted by Crippen LogP contribution is 2.35. The van der Waals surface area contributed by atoms with Crippen LogP contribution in [0, 0.1) is 0 Å². The molecule has 0 saturated carbocycles. The van der Waals surface area contributed by atoms with Gasteiger partial charge in [-0.3, -0.25) is 4.79 Å². The molecule has 0 aromatic heterocycles. The maximum atomic E-state index is 12.5. The molecule has 24 heavy (non-hydrogen) atoms. The number of carbonyl (C=O) groups excluding carboxylic acids is 1. The molecule has 2 aromatic carbocycles. The van der Waals surface area contributed by atoms with Crippen molar-refractivity contribution in [3.8, 4) is 11.1 Å². The Morgan fingerprint density at radius 3 is 2.38 bits per heavy atom. The molecule has 0 heterocycles. The Hall–Kier alpha value is -1.84. The van der Waals surface area contributed by atoms with Gasteiger partial charge in [-0.25, -0.2) is 0 Å². The van der Waals surface area contributed by atoms with Crippen molar-refractivity contribution in [3.63, 3.8) is 0 Å². The molecule has 3 heteroatoms. The van der Waals surface area contributed by atoms with E-state index in [1.165, 1.54) is 4.90 Å². The van der Waals surface area contributed by atoms with Crippen molar-refractivity contribution in [2.75, 3.05) is 12.9 Å². The van der Waals surface area contributed by atoms with Gasteiger partial charge in [-0.2, -0.15) is 0 Å². The SMILES string of the molecule is C=C(C(=O)CCOC(C)C)c1ccccc1-c1ccccc1SC. The molecule has 0 saturated heterocycles. The van der Waals surface area contributed by atoms with E-state index >= 15 is 0 Å². The largest absolute Gasteiger partial charge is 0.378 e. The number of thioether (sulfide) groups is 1. The molecule has 0 unspecified atom stereocenters. The fourth-order valence-electron chi connectivity index (χ4n) is 2.54. The molecule has 0 amide bonds. The second-order valence-electron chi connectivity index (χ2n) is 5.82. The van der Waals surface area contributed by atoms with E-state index in [2.05, 4.69) is 25.0 Å². The van der Waals surface area contributed by atoms with Gasteiger partial charge in [0.1, 0.15) is 0 Å². The predicted octanol–water partition coefficient (Wildman–Crippen LogP) is 5.47. The lowest BCUT2D eigenvalue weighted by Crippen LogP contribution is -2.10. The maximum Gasteiger partial charge on any atom is 0.165 e. The highest BCUT2D eigenvalue weighted by atomic mass is 32.2. The smallest absolute Gasteiger partial charge is 0.165 e. The van der Waals surface area contributed by atoms with Gasteiger partial charge in [0.2, 0.25) is 0 Å². The Morgan fingerprint density at radius 2 is 1.71 bits per heavy atom. The third-order valence-corrected chi connectivity index (χ3v) is 4.56. The summed E-state index contributed by atoms with van der Waals surface area (Å²) in [5.74, 6) is 0.0322. The van der Waals surface area contributed by atoms with Crippen molar-refractivity contribution in [1.29, 1.82) is 0 Å². The summed E-state index contributed by atoms with van der Waals surface area (Å²) in [6.45, 7) is 8.41. The Morgan fingerprint density at radius 1 is 1.08 bits per heavy atom. The average molecular weight is 340 g/mol. The van der Waals surface area contributed by atoms with Gasteiger partial charge in [0.15, 0.2) is 5.78 Å². The summed E-state index contributed by atoms with van der Waals surface area (Å²) in [6, 6.07) is 16.2. The van der Waals surface area contributed by atoms with Crippen LogP contribution in [-0.2, 0) is 9.53 Å². The number of benzene rings is 2. The number of carbonyl (C=O) groups is 1. The number of rotatable bonds is 8. The molecule has 0 aliphatic heterocycles. The number of hydrogen-bond donors (Lipinski definition) is 0. The minimum absolute atomic E-state index is 0.0322. The van der Waals surface area contributed by atoms with Crippen LogP contribution in [0.4, 0.5) is 0 Å². The lowest BCUT2D eigenvalue weighted by atomic mass is 9.92. The van der Waals surface area contributed by atoms with Crippen molar-refractivity contribution in [1.82, 2.24) is 0 Å². The summed E-state index contributed by atoms with van der Waals surface area (Å²) in [4.78, 5) is 13.7.